The monoisotopic (exact) mass is 436 g/mol. The molecule has 0 aromatic heterocycles. The zero-order valence-electron chi connectivity index (χ0n) is 18.7. The first-order valence-electron chi connectivity index (χ1n) is 10.2. The van der Waals surface area contributed by atoms with Crippen LogP contribution in [0, 0.1) is 6.92 Å². The topological polar surface area (TPSA) is 135 Å². The van der Waals surface area contributed by atoms with Gasteiger partial charge in [0.05, 0.1) is 26.1 Å². The van der Waals surface area contributed by atoms with Gasteiger partial charge in [-0.1, -0.05) is 6.07 Å². The molecule has 31 heavy (non-hydrogen) atoms. The highest BCUT2D eigenvalue weighted by Gasteiger charge is 2.15. The Morgan fingerprint density at radius 2 is 1.32 bits per heavy atom. The van der Waals surface area contributed by atoms with Crippen LogP contribution in [-0.4, -0.2) is 49.3 Å². The van der Waals surface area contributed by atoms with Crippen LogP contribution in [0.1, 0.15) is 46.1 Å². The van der Waals surface area contributed by atoms with Gasteiger partial charge in [-0.3, -0.25) is 9.59 Å². The second-order valence-electron chi connectivity index (χ2n) is 7.05. The summed E-state index contributed by atoms with van der Waals surface area (Å²) >= 11 is 0. The SMILES string of the molecule is CCOC(=O)CC(C)NC(=O)Nc1cc(NC(=O)N[C@@H](C)CC(=O)OCC)ccc1C. The minimum absolute atomic E-state index is 0.0615. The summed E-state index contributed by atoms with van der Waals surface area (Å²) < 4.78 is 9.72. The number of ether oxygens (including phenoxy) is 2. The number of urea groups is 2. The Morgan fingerprint density at radius 1 is 0.839 bits per heavy atom. The van der Waals surface area contributed by atoms with Gasteiger partial charge in [0.1, 0.15) is 0 Å². The summed E-state index contributed by atoms with van der Waals surface area (Å²) in [5, 5.41) is 10.7. The fraction of sp³-hybridized carbons (Fsp3) is 0.524. The lowest BCUT2D eigenvalue weighted by Crippen LogP contribution is -2.38. The van der Waals surface area contributed by atoms with Crippen molar-refractivity contribution >= 4 is 35.4 Å². The molecule has 0 radical (unpaired) electrons. The third-order valence-corrected chi connectivity index (χ3v) is 4.05. The Hall–Kier alpha value is -3.30. The number of nitrogens with one attached hydrogen (secondary N) is 4. The summed E-state index contributed by atoms with van der Waals surface area (Å²) in [6, 6.07) is 3.26. The van der Waals surface area contributed by atoms with Crippen LogP contribution in [0.15, 0.2) is 18.2 Å². The van der Waals surface area contributed by atoms with Gasteiger partial charge in [0.15, 0.2) is 0 Å². The van der Waals surface area contributed by atoms with Gasteiger partial charge in [-0.2, -0.15) is 0 Å². The molecule has 1 rings (SSSR count). The molecule has 0 spiro atoms. The molecule has 0 aliphatic carbocycles. The maximum absolute atomic E-state index is 12.2. The van der Waals surface area contributed by atoms with Crippen LogP contribution >= 0.6 is 0 Å². The van der Waals surface area contributed by atoms with Crippen molar-refractivity contribution < 1.29 is 28.7 Å². The molecule has 0 aliphatic heterocycles. The highest BCUT2D eigenvalue weighted by atomic mass is 16.5. The number of anilines is 2. The van der Waals surface area contributed by atoms with E-state index in [2.05, 4.69) is 21.3 Å². The Balaban J connectivity index is 2.62. The Kier molecular flexibility index (Phi) is 10.9. The van der Waals surface area contributed by atoms with Crippen LogP contribution in [0.5, 0.6) is 0 Å². The van der Waals surface area contributed by atoms with Crippen molar-refractivity contribution in [3.63, 3.8) is 0 Å². The maximum Gasteiger partial charge on any atom is 0.319 e. The molecule has 4 N–H and O–H groups in total. The van der Waals surface area contributed by atoms with Crippen LogP contribution in [0.3, 0.4) is 0 Å². The summed E-state index contributed by atoms with van der Waals surface area (Å²) in [6.07, 6.45) is 0.123. The molecule has 0 bridgehead atoms. The lowest BCUT2D eigenvalue weighted by Gasteiger charge is -2.17. The molecule has 0 saturated carbocycles. The largest absolute Gasteiger partial charge is 0.466 e. The molecular formula is C21H32N4O6. The zero-order chi connectivity index (χ0) is 23.4. The van der Waals surface area contributed by atoms with Crippen molar-refractivity contribution in [3.8, 4) is 0 Å². The van der Waals surface area contributed by atoms with Crippen LogP contribution in [0.25, 0.3) is 0 Å². The Bertz CT molecular complexity index is 783. The number of amides is 4. The van der Waals surface area contributed by atoms with E-state index in [9.17, 15) is 19.2 Å². The second kappa shape index (κ2) is 13.1. The number of carbonyl (C=O) groups excluding carboxylic acids is 4. The molecule has 1 unspecified atom stereocenters. The summed E-state index contributed by atoms with van der Waals surface area (Å²) in [7, 11) is 0. The number of aryl methyl sites for hydroxylation is 1. The summed E-state index contributed by atoms with van der Waals surface area (Å²) in [5.74, 6) is -0.777. The van der Waals surface area contributed by atoms with Crippen LogP contribution < -0.4 is 21.3 Å². The van der Waals surface area contributed by atoms with Gasteiger partial charge in [0.25, 0.3) is 0 Å². The minimum atomic E-state index is -0.487. The van der Waals surface area contributed by atoms with Crippen LogP contribution in [-0.2, 0) is 19.1 Å². The quantitative estimate of drug-likeness (QED) is 0.417. The maximum atomic E-state index is 12.2. The summed E-state index contributed by atoms with van der Waals surface area (Å²) in [4.78, 5) is 47.4. The van der Waals surface area contributed by atoms with Crippen molar-refractivity contribution in [1.29, 1.82) is 0 Å². The van der Waals surface area contributed by atoms with Gasteiger partial charge in [-0.25, -0.2) is 9.59 Å². The van der Waals surface area contributed by atoms with Crippen molar-refractivity contribution in [2.24, 2.45) is 0 Å². The smallest absolute Gasteiger partial charge is 0.319 e. The number of rotatable bonds is 10. The lowest BCUT2D eigenvalue weighted by molar-refractivity contribution is -0.144. The van der Waals surface area contributed by atoms with Crippen molar-refractivity contribution in [1.82, 2.24) is 10.6 Å². The molecule has 2 atom stereocenters. The fourth-order valence-corrected chi connectivity index (χ4v) is 2.65. The highest BCUT2D eigenvalue weighted by molar-refractivity contribution is 5.94. The molecule has 172 valence electrons. The third kappa shape index (κ3) is 10.3. The molecule has 0 fully saturated rings. The summed E-state index contributed by atoms with van der Waals surface area (Å²) in [5.41, 5.74) is 1.74. The Morgan fingerprint density at radius 3 is 1.81 bits per heavy atom. The molecule has 1 aromatic carbocycles. The second-order valence-corrected chi connectivity index (χ2v) is 7.05. The van der Waals surface area contributed by atoms with Crippen molar-refractivity contribution in [2.75, 3.05) is 23.8 Å². The van der Waals surface area contributed by atoms with Gasteiger partial charge in [0.2, 0.25) is 0 Å². The predicted molar refractivity (Wildman–Crippen MR) is 117 cm³/mol. The van der Waals surface area contributed by atoms with E-state index in [1.54, 1.807) is 45.9 Å². The van der Waals surface area contributed by atoms with Gasteiger partial charge in [-0.05, 0) is 52.3 Å². The number of hydrogen-bond acceptors (Lipinski definition) is 6. The van der Waals surface area contributed by atoms with Gasteiger partial charge < -0.3 is 30.7 Å². The first kappa shape index (κ1) is 25.7. The van der Waals surface area contributed by atoms with E-state index in [0.717, 1.165) is 5.56 Å². The average Bonchev–Trinajstić information content (AvgIpc) is 2.64. The van der Waals surface area contributed by atoms with E-state index < -0.39 is 24.1 Å². The van der Waals surface area contributed by atoms with Gasteiger partial charge >= 0.3 is 24.0 Å². The van der Waals surface area contributed by atoms with Crippen molar-refractivity contribution in [2.45, 2.75) is 59.5 Å². The standard InChI is InChI=1S/C21H32N4O6/c1-6-30-18(26)10-14(4)22-20(28)24-16-9-8-13(3)17(12-16)25-21(29)23-15(5)11-19(27)31-7-2/h8-9,12,14-15H,6-7,10-11H2,1-5H3,(H2,22,24,28)(H2,23,25,29)/t14-,15?/m0/s1. The van der Waals surface area contributed by atoms with E-state index in [1.165, 1.54) is 0 Å². The van der Waals surface area contributed by atoms with E-state index in [0.29, 0.717) is 11.4 Å². The van der Waals surface area contributed by atoms with Crippen molar-refractivity contribution in [3.05, 3.63) is 23.8 Å². The van der Waals surface area contributed by atoms with E-state index >= 15 is 0 Å². The van der Waals surface area contributed by atoms with Crippen LogP contribution in [0.4, 0.5) is 21.0 Å². The molecule has 10 nitrogen and oxygen atoms in total. The number of benzene rings is 1. The molecule has 10 heteroatoms. The summed E-state index contributed by atoms with van der Waals surface area (Å²) in [6.45, 7) is 9.20. The average molecular weight is 437 g/mol. The first-order valence-corrected chi connectivity index (χ1v) is 10.2. The predicted octanol–water partition coefficient (Wildman–Crippen LogP) is 2.92. The normalized spacial score (nSPS) is 12.2. The molecule has 0 heterocycles. The molecule has 1 aromatic rings. The van der Waals surface area contributed by atoms with E-state index in [-0.39, 0.29) is 38.0 Å². The molecular weight excluding hydrogens is 404 g/mol. The van der Waals surface area contributed by atoms with Gasteiger partial charge in [-0.15, -0.1) is 0 Å². The number of carbonyl (C=O) groups is 4. The van der Waals surface area contributed by atoms with Crippen LogP contribution in [0.2, 0.25) is 0 Å². The molecule has 4 amide bonds. The zero-order valence-corrected chi connectivity index (χ0v) is 18.7. The minimum Gasteiger partial charge on any atom is -0.466 e. The molecule has 0 aliphatic rings. The Labute approximate surface area is 182 Å². The molecule has 0 saturated heterocycles. The first-order chi connectivity index (χ1) is 14.6. The number of hydrogen-bond donors (Lipinski definition) is 4. The number of esters is 2. The fourth-order valence-electron chi connectivity index (χ4n) is 2.65. The van der Waals surface area contributed by atoms with E-state index in [1.807, 2.05) is 6.92 Å². The highest BCUT2D eigenvalue weighted by Crippen LogP contribution is 2.20. The lowest BCUT2D eigenvalue weighted by atomic mass is 10.2. The van der Waals surface area contributed by atoms with Gasteiger partial charge in [0, 0.05) is 23.5 Å². The van der Waals surface area contributed by atoms with E-state index in [4.69, 9.17) is 9.47 Å². The third-order valence-electron chi connectivity index (χ3n) is 4.05.